The van der Waals surface area contributed by atoms with E-state index in [-0.39, 0.29) is 6.10 Å². The van der Waals surface area contributed by atoms with Crippen LogP contribution in [0.4, 0.5) is 0 Å². The molecule has 0 spiro atoms. The third-order valence-electron chi connectivity index (χ3n) is 2.80. The van der Waals surface area contributed by atoms with E-state index in [1.807, 2.05) is 24.3 Å². The summed E-state index contributed by atoms with van der Waals surface area (Å²) in [6.07, 6.45) is 4.46. The van der Waals surface area contributed by atoms with Gasteiger partial charge in [-0.1, -0.05) is 36.9 Å². The quantitative estimate of drug-likeness (QED) is 0.738. The summed E-state index contributed by atoms with van der Waals surface area (Å²) in [4.78, 5) is 0. The standard InChI is InChI=1S/C14H16O/c1-11-6-5-9-13(15)10-14(11)12-7-3-2-4-8-12/h2-4,7-8,10,13,15H,1,5-6,9H2. The highest BCUT2D eigenvalue weighted by Crippen LogP contribution is 2.29. The number of rotatable bonds is 1. The molecule has 0 aromatic heterocycles. The van der Waals surface area contributed by atoms with E-state index in [1.54, 1.807) is 0 Å². The van der Waals surface area contributed by atoms with Gasteiger partial charge < -0.3 is 5.11 Å². The molecule has 0 saturated heterocycles. The number of hydrogen-bond donors (Lipinski definition) is 1. The predicted molar refractivity (Wildman–Crippen MR) is 63.4 cm³/mol. The van der Waals surface area contributed by atoms with Crippen molar-refractivity contribution in [3.8, 4) is 0 Å². The molecule has 0 saturated carbocycles. The Morgan fingerprint density at radius 1 is 1.20 bits per heavy atom. The number of benzene rings is 1. The van der Waals surface area contributed by atoms with Gasteiger partial charge in [0.25, 0.3) is 0 Å². The van der Waals surface area contributed by atoms with E-state index in [4.69, 9.17) is 0 Å². The minimum Gasteiger partial charge on any atom is -0.389 e. The molecule has 1 aromatic rings. The van der Waals surface area contributed by atoms with Crippen molar-refractivity contribution in [3.63, 3.8) is 0 Å². The first-order valence-corrected chi connectivity index (χ1v) is 5.41. The Balaban J connectivity index is 2.36. The molecule has 0 radical (unpaired) electrons. The molecule has 1 atom stereocenters. The van der Waals surface area contributed by atoms with Gasteiger partial charge in [-0.15, -0.1) is 0 Å². The molecule has 15 heavy (non-hydrogen) atoms. The van der Waals surface area contributed by atoms with Crippen molar-refractivity contribution in [1.29, 1.82) is 0 Å². The zero-order valence-electron chi connectivity index (χ0n) is 8.82. The number of hydrogen-bond acceptors (Lipinski definition) is 1. The van der Waals surface area contributed by atoms with Gasteiger partial charge in [0.05, 0.1) is 6.10 Å². The van der Waals surface area contributed by atoms with Crippen LogP contribution in [0.1, 0.15) is 24.8 Å². The summed E-state index contributed by atoms with van der Waals surface area (Å²) in [6, 6.07) is 10.2. The van der Waals surface area contributed by atoms with Gasteiger partial charge in [0, 0.05) is 0 Å². The van der Waals surface area contributed by atoms with E-state index in [2.05, 4.69) is 18.7 Å². The topological polar surface area (TPSA) is 20.2 Å². The fraction of sp³-hybridized carbons (Fsp3) is 0.286. The highest BCUT2D eigenvalue weighted by molar-refractivity contribution is 5.78. The molecule has 1 heteroatoms. The lowest BCUT2D eigenvalue weighted by atomic mass is 9.97. The zero-order chi connectivity index (χ0) is 10.7. The number of aliphatic hydroxyl groups is 1. The van der Waals surface area contributed by atoms with E-state index in [1.165, 1.54) is 0 Å². The minimum atomic E-state index is -0.320. The lowest BCUT2D eigenvalue weighted by Crippen LogP contribution is -2.00. The third-order valence-corrected chi connectivity index (χ3v) is 2.80. The summed E-state index contributed by atoms with van der Waals surface area (Å²) in [7, 11) is 0. The molecule has 1 unspecified atom stereocenters. The maximum atomic E-state index is 9.72. The highest BCUT2D eigenvalue weighted by atomic mass is 16.3. The average molecular weight is 200 g/mol. The number of aliphatic hydroxyl groups excluding tert-OH is 1. The Hall–Kier alpha value is -1.34. The van der Waals surface area contributed by atoms with Crippen molar-refractivity contribution in [3.05, 3.63) is 54.1 Å². The maximum absolute atomic E-state index is 9.72. The molecule has 0 aliphatic heterocycles. The van der Waals surface area contributed by atoms with Gasteiger partial charge in [-0.2, -0.15) is 0 Å². The Kier molecular flexibility index (Phi) is 3.02. The normalized spacial score (nSPS) is 22.1. The van der Waals surface area contributed by atoms with Crippen molar-refractivity contribution in [2.24, 2.45) is 0 Å². The van der Waals surface area contributed by atoms with Gasteiger partial charge in [-0.3, -0.25) is 0 Å². The van der Waals surface area contributed by atoms with Crippen molar-refractivity contribution in [2.75, 3.05) is 0 Å². The molecule has 1 aliphatic rings. The van der Waals surface area contributed by atoms with Crippen molar-refractivity contribution < 1.29 is 5.11 Å². The van der Waals surface area contributed by atoms with Gasteiger partial charge in [0.1, 0.15) is 0 Å². The largest absolute Gasteiger partial charge is 0.389 e. The van der Waals surface area contributed by atoms with Crippen LogP contribution in [0.15, 0.2) is 48.6 Å². The summed E-state index contributed by atoms with van der Waals surface area (Å²) in [5, 5.41) is 9.72. The van der Waals surface area contributed by atoms with Gasteiger partial charge in [-0.05, 0) is 42.0 Å². The molecule has 0 heterocycles. The lowest BCUT2D eigenvalue weighted by Gasteiger charge is -2.08. The van der Waals surface area contributed by atoms with Crippen LogP contribution in [0.2, 0.25) is 0 Å². The van der Waals surface area contributed by atoms with Crippen LogP contribution in [0.25, 0.3) is 5.57 Å². The Labute approximate surface area is 90.8 Å². The zero-order valence-corrected chi connectivity index (χ0v) is 8.82. The second-order valence-corrected chi connectivity index (χ2v) is 4.01. The predicted octanol–water partition coefficient (Wildman–Crippen LogP) is 3.17. The van der Waals surface area contributed by atoms with Crippen molar-refractivity contribution in [1.82, 2.24) is 0 Å². The molecule has 1 aromatic carbocycles. The second-order valence-electron chi connectivity index (χ2n) is 4.01. The van der Waals surface area contributed by atoms with Gasteiger partial charge >= 0.3 is 0 Å². The summed E-state index contributed by atoms with van der Waals surface area (Å²) in [6.45, 7) is 4.09. The van der Waals surface area contributed by atoms with E-state index < -0.39 is 0 Å². The summed E-state index contributed by atoms with van der Waals surface area (Å²) in [5.41, 5.74) is 3.40. The Morgan fingerprint density at radius 2 is 1.93 bits per heavy atom. The second kappa shape index (κ2) is 4.45. The maximum Gasteiger partial charge on any atom is 0.0730 e. The third kappa shape index (κ3) is 2.37. The lowest BCUT2D eigenvalue weighted by molar-refractivity contribution is 0.212. The Morgan fingerprint density at radius 3 is 2.67 bits per heavy atom. The molecule has 1 nitrogen and oxygen atoms in total. The molecular formula is C14H16O. The van der Waals surface area contributed by atoms with Gasteiger partial charge in [0.15, 0.2) is 0 Å². The summed E-state index contributed by atoms with van der Waals surface area (Å²) < 4.78 is 0. The SMILES string of the molecule is C=C1CCCC(O)C=C1c1ccccc1. The molecule has 2 rings (SSSR count). The molecule has 78 valence electrons. The van der Waals surface area contributed by atoms with Crippen LogP contribution in [-0.2, 0) is 0 Å². The number of allylic oxidation sites excluding steroid dienone is 2. The van der Waals surface area contributed by atoms with Crippen LogP contribution in [-0.4, -0.2) is 11.2 Å². The average Bonchev–Trinajstić information content (AvgIpc) is 2.42. The fourth-order valence-electron chi connectivity index (χ4n) is 1.97. The van der Waals surface area contributed by atoms with Crippen molar-refractivity contribution >= 4 is 5.57 Å². The first kappa shape index (κ1) is 10.2. The van der Waals surface area contributed by atoms with E-state index >= 15 is 0 Å². The highest BCUT2D eigenvalue weighted by Gasteiger charge is 2.13. The monoisotopic (exact) mass is 200 g/mol. The van der Waals surface area contributed by atoms with Crippen LogP contribution < -0.4 is 0 Å². The van der Waals surface area contributed by atoms with Crippen LogP contribution in [0.3, 0.4) is 0 Å². The van der Waals surface area contributed by atoms with E-state index in [0.717, 1.165) is 36.0 Å². The molecular weight excluding hydrogens is 184 g/mol. The van der Waals surface area contributed by atoms with Gasteiger partial charge in [0.2, 0.25) is 0 Å². The smallest absolute Gasteiger partial charge is 0.0730 e. The first-order chi connectivity index (χ1) is 7.27. The fourth-order valence-corrected chi connectivity index (χ4v) is 1.97. The Bertz CT molecular complexity index is 376. The van der Waals surface area contributed by atoms with Crippen molar-refractivity contribution in [2.45, 2.75) is 25.4 Å². The minimum absolute atomic E-state index is 0.320. The van der Waals surface area contributed by atoms with Crippen LogP contribution in [0.5, 0.6) is 0 Å². The molecule has 0 amide bonds. The summed E-state index contributed by atoms with van der Waals surface area (Å²) in [5.74, 6) is 0. The molecule has 1 aliphatic carbocycles. The van der Waals surface area contributed by atoms with E-state index in [9.17, 15) is 5.11 Å². The molecule has 0 fully saturated rings. The van der Waals surface area contributed by atoms with E-state index in [0.29, 0.717) is 0 Å². The van der Waals surface area contributed by atoms with Crippen LogP contribution in [0, 0.1) is 0 Å². The van der Waals surface area contributed by atoms with Crippen LogP contribution >= 0.6 is 0 Å². The molecule has 1 N–H and O–H groups in total. The molecule has 0 bridgehead atoms. The van der Waals surface area contributed by atoms with Gasteiger partial charge in [-0.25, -0.2) is 0 Å². The summed E-state index contributed by atoms with van der Waals surface area (Å²) >= 11 is 0. The first-order valence-electron chi connectivity index (χ1n) is 5.41.